The molecule has 0 aliphatic heterocycles. The van der Waals surface area contributed by atoms with Crippen molar-refractivity contribution < 1.29 is 9.31 Å². The van der Waals surface area contributed by atoms with Gasteiger partial charge in [-0.1, -0.05) is 36.4 Å². The molecule has 0 spiro atoms. The van der Waals surface area contributed by atoms with Crippen molar-refractivity contribution in [1.82, 2.24) is 9.97 Å². The normalized spacial score (nSPS) is 10.9. The fraction of sp³-hybridized carbons (Fsp3) is 0. The number of fused-ring (bicyclic) bond motifs is 2. The number of hydrogen-bond acceptors (Lipinski definition) is 2. The van der Waals surface area contributed by atoms with E-state index in [1.807, 2.05) is 60.7 Å². The number of hydrogen-bond donors (Lipinski definition) is 2. The summed E-state index contributed by atoms with van der Waals surface area (Å²) >= 11 is 0. The summed E-state index contributed by atoms with van der Waals surface area (Å²) in [5.74, 6) is 1.40. The highest BCUT2D eigenvalue weighted by Crippen LogP contribution is 2.21. The van der Waals surface area contributed by atoms with Gasteiger partial charge in [-0.05, 0) is 12.1 Å². The summed E-state index contributed by atoms with van der Waals surface area (Å²) in [7, 11) is 0.152. The van der Waals surface area contributed by atoms with E-state index in [9.17, 15) is 0 Å². The number of rotatable bonds is 4. The van der Waals surface area contributed by atoms with Crippen LogP contribution in [0.1, 0.15) is 0 Å². The fourth-order valence-corrected chi connectivity index (χ4v) is 2.41. The van der Waals surface area contributed by atoms with Crippen LogP contribution in [-0.4, -0.2) is 17.7 Å². The highest BCUT2D eigenvalue weighted by molar-refractivity contribution is 6.20. The van der Waals surface area contributed by atoms with E-state index in [-0.39, 0.29) is 7.69 Å². The molecule has 4 aromatic rings. The molecule has 2 N–H and O–H groups in total. The zero-order valence-electron chi connectivity index (χ0n) is 11.3. The molecule has 0 aliphatic carbocycles. The van der Waals surface area contributed by atoms with Crippen molar-refractivity contribution in [1.29, 1.82) is 0 Å². The van der Waals surface area contributed by atoms with Gasteiger partial charge in [0.1, 0.15) is 0 Å². The molecule has 2 aromatic carbocycles. The lowest BCUT2D eigenvalue weighted by molar-refractivity contribution is 0.443. The van der Waals surface area contributed by atoms with Crippen molar-refractivity contribution >= 4 is 29.5 Å². The molecule has 102 valence electrons. The van der Waals surface area contributed by atoms with Gasteiger partial charge in [-0.3, -0.25) is 0 Å². The minimum atomic E-state index is 0.152. The molecule has 4 nitrogen and oxygen atoms in total. The molecule has 2 aromatic heterocycles. The first-order valence-corrected chi connectivity index (χ1v) is 6.79. The summed E-state index contributed by atoms with van der Waals surface area (Å²) < 4.78 is 11.2. The highest BCUT2D eigenvalue weighted by Gasteiger charge is 2.05. The summed E-state index contributed by atoms with van der Waals surface area (Å²) in [6.45, 7) is 0. The van der Waals surface area contributed by atoms with Gasteiger partial charge in [0.25, 0.3) is 0 Å². The molecule has 0 radical (unpaired) electrons. The van der Waals surface area contributed by atoms with Gasteiger partial charge in [0.15, 0.2) is 11.8 Å². The van der Waals surface area contributed by atoms with Crippen LogP contribution in [0.3, 0.4) is 0 Å². The number of benzene rings is 2. The van der Waals surface area contributed by atoms with Gasteiger partial charge in [-0.2, -0.15) is 0 Å². The van der Waals surface area contributed by atoms with Crippen LogP contribution in [0.25, 0.3) is 21.8 Å². The van der Waals surface area contributed by atoms with E-state index >= 15 is 0 Å². The molecular weight excluding hydrogens is 263 g/mol. The van der Waals surface area contributed by atoms with Gasteiger partial charge in [-0.25, -0.2) is 0 Å². The van der Waals surface area contributed by atoms with Crippen LogP contribution in [0.4, 0.5) is 0 Å². The van der Waals surface area contributed by atoms with Crippen LogP contribution in [0, 0.1) is 0 Å². The van der Waals surface area contributed by atoms with Crippen LogP contribution in [0.15, 0.2) is 60.7 Å². The lowest BCUT2D eigenvalue weighted by Crippen LogP contribution is -2.11. The van der Waals surface area contributed by atoms with Crippen LogP contribution < -0.4 is 9.31 Å². The maximum atomic E-state index is 5.59. The maximum absolute atomic E-state index is 5.59. The molecule has 0 unspecified atom stereocenters. The van der Waals surface area contributed by atoms with Gasteiger partial charge in [0.2, 0.25) is 0 Å². The van der Waals surface area contributed by atoms with E-state index < -0.39 is 0 Å². The van der Waals surface area contributed by atoms with Crippen LogP contribution >= 0.6 is 0 Å². The second-order valence-corrected chi connectivity index (χ2v) is 4.85. The number of nitrogens with one attached hydrogen (secondary N) is 2. The smallest absolute Gasteiger partial charge is 0.516 e. The van der Waals surface area contributed by atoms with Crippen molar-refractivity contribution in [3.05, 3.63) is 60.7 Å². The van der Waals surface area contributed by atoms with Crippen molar-refractivity contribution in [2.45, 2.75) is 0 Å². The molecule has 0 saturated heterocycles. The first-order chi connectivity index (χ1) is 10.4. The van der Waals surface area contributed by atoms with Crippen molar-refractivity contribution in [3.8, 4) is 11.8 Å². The summed E-state index contributed by atoms with van der Waals surface area (Å²) in [6.07, 6.45) is 0. The molecule has 21 heavy (non-hydrogen) atoms. The molecule has 0 aliphatic rings. The van der Waals surface area contributed by atoms with Crippen molar-refractivity contribution in [2.75, 3.05) is 0 Å². The van der Waals surface area contributed by atoms with Crippen LogP contribution in [0.5, 0.6) is 11.8 Å². The Morgan fingerprint density at radius 3 is 1.62 bits per heavy atom. The zero-order valence-corrected chi connectivity index (χ0v) is 11.3. The first-order valence-electron chi connectivity index (χ1n) is 6.79. The number of aromatic amines is 2. The third-order valence-electron chi connectivity index (χ3n) is 3.44. The van der Waals surface area contributed by atoms with E-state index in [2.05, 4.69) is 9.97 Å². The third-order valence-corrected chi connectivity index (χ3v) is 3.44. The second-order valence-electron chi connectivity index (χ2n) is 4.85. The summed E-state index contributed by atoms with van der Waals surface area (Å²) in [6, 6.07) is 20.0. The quantitative estimate of drug-likeness (QED) is 0.561. The Bertz CT molecular complexity index is 757. The summed E-state index contributed by atoms with van der Waals surface area (Å²) in [5.41, 5.74) is 2.11. The van der Waals surface area contributed by atoms with Crippen molar-refractivity contribution in [3.63, 3.8) is 0 Å². The second kappa shape index (κ2) is 4.94. The van der Waals surface area contributed by atoms with Crippen molar-refractivity contribution in [2.24, 2.45) is 0 Å². The highest BCUT2D eigenvalue weighted by atomic mass is 16.6. The molecular formula is C16H13BN2O2. The maximum Gasteiger partial charge on any atom is 0.578 e. The standard InChI is InChI=1S/C16H13BN2O2/c1-3-7-13-11(5-1)9-15(18-13)20-17-21-16-10-12-6-2-4-8-14(12)19-16/h1-10,17-19H. The minimum absolute atomic E-state index is 0.152. The number of H-pyrrole nitrogens is 2. The van der Waals surface area contributed by atoms with Gasteiger partial charge in [0.05, 0.1) is 0 Å². The molecule has 2 heterocycles. The van der Waals surface area contributed by atoms with E-state index in [1.165, 1.54) is 0 Å². The van der Waals surface area contributed by atoms with Gasteiger partial charge in [-0.15, -0.1) is 0 Å². The summed E-state index contributed by atoms with van der Waals surface area (Å²) in [5, 5.41) is 2.25. The molecule has 4 rings (SSSR count). The molecule has 0 fully saturated rings. The van der Waals surface area contributed by atoms with Crippen LogP contribution in [0.2, 0.25) is 0 Å². The molecule has 5 heteroatoms. The van der Waals surface area contributed by atoms with Gasteiger partial charge in [0, 0.05) is 33.9 Å². The topological polar surface area (TPSA) is 50.0 Å². The summed E-state index contributed by atoms with van der Waals surface area (Å²) in [4.78, 5) is 6.39. The molecule has 0 amide bonds. The number of aromatic nitrogens is 2. The largest absolute Gasteiger partial charge is 0.578 e. The Morgan fingerprint density at radius 2 is 1.14 bits per heavy atom. The first kappa shape index (κ1) is 12.0. The molecule has 0 atom stereocenters. The lowest BCUT2D eigenvalue weighted by Gasteiger charge is -2.02. The molecule has 0 bridgehead atoms. The Kier molecular flexibility index (Phi) is 2.82. The van der Waals surface area contributed by atoms with E-state index in [0.717, 1.165) is 21.8 Å². The SMILES string of the molecule is B(Oc1cc2ccccc2[nH]1)Oc1cc2ccccc2[nH]1. The Balaban J connectivity index is 1.44. The predicted octanol–water partition coefficient (Wildman–Crippen LogP) is 3.37. The average molecular weight is 276 g/mol. The fourth-order valence-electron chi connectivity index (χ4n) is 2.41. The Labute approximate surface area is 122 Å². The Morgan fingerprint density at radius 1 is 0.667 bits per heavy atom. The minimum Gasteiger partial charge on any atom is -0.516 e. The monoisotopic (exact) mass is 276 g/mol. The lowest BCUT2D eigenvalue weighted by atomic mass is 10.2. The van der Waals surface area contributed by atoms with Crippen LogP contribution in [-0.2, 0) is 0 Å². The van der Waals surface area contributed by atoms with Gasteiger partial charge >= 0.3 is 7.69 Å². The molecule has 0 saturated carbocycles. The Hall–Kier alpha value is -2.82. The third kappa shape index (κ3) is 2.34. The predicted molar refractivity (Wildman–Crippen MR) is 85.0 cm³/mol. The average Bonchev–Trinajstić information content (AvgIpc) is 3.09. The van der Waals surface area contributed by atoms with E-state index in [4.69, 9.17) is 9.31 Å². The zero-order chi connectivity index (χ0) is 14.1. The van der Waals surface area contributed by atoms with E-state index in [1.54, 1.807) is 0 Å². The van der Waals surface area contributed by atoms with Gasteiger partial charge < -0.3 is 19.3 Å². The number of para-hydroxylation sites is 2. The van der Waals surface area contributed by atoms with E-state index in [0.29, 0.717) is 11.8 Å².